The first-order chi connectivity index (χ1) is 6.22. The van der Waals surface area contributed by atoms with E-state index in [9.17, 15) is 4.79 Å². The van der Waals surface area contributed by atoms with Gasteiger partial charge in [0.1, 0.15) is 5.82 Å². The number of hydrogen-bond acceptors (Lipinski definition) is 5. The van der Waals surface area contributed by atoms with E-state index in [4.69, 9.17) is 5.26 Å². The molecular weight excluding hydrogens is 168 g/mol. The van der Waals surface area contributed by atoms with Crippen molar-refractivity contribution in [3.63, 3.8) is 0 Å². The monoisotopic (exact) mass is 180 g/mol. The molecule has 0 aromatic rings. The summed E-state index contributed by atoms with van der Waals surface area (Å²) in [5.41, 5.74) is 5.72. The fourth-order valence-electron chi connectivity index (χ4n) is 0.915. The van der Waals surface area contributed by atoms with Crippen molar-refractivity contribution in [3.8, 4) is 6.07 Å². The third-order valence-electron chi connectivity index (χ3n) is 1.61. The lowest BCUT2D eigenvalue weighted by molar-refractivity contribution is -0.113. The van der Waals surface area contributed by atoms with Crippen molar-refractivity contribution < 1.29 is 4.79 Å². The summed E-state index contributed by atoms with van der Waals surface area (Å²) in [4.78, 5) is 10.8. The molecule has 1 heterocycles. The Hall–Kier alpha value is -1.54. The second-order valence-corrected chi connectivity index (χ2v) is 2.91. The molecule has 5 nitrogen and oxygen atoms in total. The van der Waals surface area contributed by atoms with Crippen molar-refractivity contribution in [1.82, 2.24) is 16.2 Å². The van der Waals surface area contributed by atoms with Crippen molar-refractivity contribution in [3.05, 3.63) is 11.9 Å². The topological polar surface area (TPSA) is 77.0 Å². The summed E-state index contributed by atoms with van der Waals surface area (Å²) in [5, 5.41) is 11.2. The Morgan fingerprint density at radius 2 is 2.62 bits per heavy atom. The Kier molecular flexibility index (Phi) is 3.29. The third-order valence-corrected chi connectivity index (χ3v) is 1.61. The number of nitrogens with zero attached hydrogens (tertiary/aromatic N) is 1. The molecule has 0 fully saturated rings. The van der Waals surface area contributed by atoms with Gasteiger partial charge >= 0.3 is 0 Å². The predicted octanol–water partition coefficient (Wildman–Crippen LogP) is -0.604. The molecule has 0 bridgehead atoms. The van der Waals surface area contributed by atoms with Gasteiger partial charge in [-0.05, 0) is 6.92 Å². The quantitative estimate of drug-likeness (QED) is 0.503. The highest BCUT2D eigenvalue weighted by Gasteiger charge is 2.10. The number of carbonyl (C=O) groups is 1. The highest BCUT2D eigenvalue weighted by atomic mass is 16.1. The first-order valence-electron chi connectivity index (χ1n) is 4.09. The van der Waals surface area contributed by atoms with Crippen molar-refractivity contribution in [1.29, 1.82) is 5.26 Å². The van der Waals surface area contributed by atoms with Crippen LogP contribution in [0.1, 0.15) is 13.3 Å². The first kappa shape index (κ1) is 9.55. The van der Waals surface area contributed by atoms with Gasteiger partial charge in [0, 0.05) is 12.1 Å². The summed E-state index contributed by atoms with van der Waals surface area (Å²) in [7, 11) is 0. The number of rotatable bonds is 4. The average Bonchev–Trinajstić information content (AvgIpc) is 2.49. The Balaban J connectivity index is 2.23. The van der Waals surface area contributed by atoms with Gasteiger partial charge in [0.2, 0.25) is 0 Å². The lowest BCUT2D eigenvalue weighted by Crippen LogP contribution is -2.41. The van der Waals surface area contributed by atoms with E-state index in [-0.39, 0.29) is 11.8 Å². The minimum Gasteiger partial charge on any atom is -0.363 e. The third kappa shape index (κ3) is 3.13. The van der Waals surface area contributed by atoms with E-state index in [2.05, 4.69) is 16.2 Å². The van der Waals surface area contributed by atoms with Crippen molar-refractivity contribution in [2.45, 2.75) is 19.4 Å². The molecule has 0 amide bonds. The van der Waals surface area contributed by atoms with Crippen LogP contribution in [0.25, 0.3) is 0 Å². The number of carbonyl (C=O) groups excluding carboxylic acids is 1. The van der Waals surface area contributed by atoms with Gasteiger partial charge < -0.3 is 10.7 Å². The normalized spacial score (nSPS) is 17.2. The maximum absolute atomic E-state index is 10.8. The van der Waals surface area contributed by atoms with Crippen LogP contribution in [-0.4, -0.2) is 18.4 Å². The van der Waals surface area contributed by atoms with Crippen LogP contribution in [0.3, 0.4) is 0 Å². The van der Waals surface area contributed by atoms with Gasteiger partial charge in [-0.1, -0.05) is 0 Å². The molecule has 1 rings (SSSR count). The Morgan fingerprint density at radius 3 is 3.15 bits per heavy atom. The molecule has 1 unspecified atom stereocenters. The lowest BCUT2D eigenvalue weighted by atomic mass is 10.3. The summed E-state index contributed by atoms with van der Waals surface area (Å²) in [6.45, 7) is 2.23. The van der Waals surface area contributed by atoms with Crippen LogP contribution in [0.4, 0.5) is 0 Å². The highest BCUT2D eigenvalue weighted by molar-refractivity contribution is 5.94. The van der Waals surface area contributed by atoms with Crippen LogP contribution in [0.2, 0.25) is 0 Å². The van der Waals surface area contributed by atoms with E-state index in [1.54, 1.807) is 0 Å². The SMILES string of the molecule is CC(CC#N)NNC1=CC(=O)CN1. The van der Waals surface area contributed by atoms with E-state index in [0.29, 0.717) is 18.8 Å². The van der Waals surface area contributed by atoms with E-state index in [1.807, 2.05) is 13.0 Å². The Morgan fingerprint density at radius 1 is 1.85 bits per heavy atom. The molecule has 1 aliphatic rings. The molecule has 0 saturated heterocycles. The maximum atomic E-state index is 10.8. The van der Waals surface area contributed by atoms with Crippen LogP contribution < -0.4 is 16.2 Å². The van der Waals surface area contributed by atoms with Crippen LogP contribution in [0, 0.1) is 11.3 Å². The molecule has 0 aromatic carbocycles. The predicted molar refractivity (Wildman–Crippen MR) is 47.1 cm³/mol. The largest absolute Gasteiger partial charge is 0.363 e. The molecule has 0 saturated carbocycles. The molecular formula is C8H12N4O. The summed E-state index contributed by atoms with van der Waals surface area (Å²) < 4.78 is 0. The molecule has 0 spiro atoms. The number of nitrogens with one attached hydrogen (secondary N) is 3. The van der Waals surface area contributed by atoms with Crippen molar-refractivity contribution >= 4 is 5.78 Å². The summed E-state index contributed by atoms with van der Waals surface area (Å²) >= 11 is 0. The molecule has 1 atom stereocenters. The molecule has 1 aliphatic heterocycles. The van der Waals surface area contributed by atoms with Crippen molar-refractivity contribution in [2.24, 2.45) is 0 Å². The molecule has 0 radical (unpaired) electrons. The molecule has 3 N–H and O–H groups in total. The molecule has 0 aromatic heterocycles. The van der Waals surface area contributed by atoms with E-state index < -0.39 is 0 Å². The van der Waals surface area contributed by atoms with Crippen molar-refractivity contribution in [2.75, 3.05) is 6.54 Å². The molecule has 13 heavy (non-hydrogen) atoms. The van der Waals surface area contributed by atoms with Gasteiger partial charge in [0.05, 0.1) is 19.0 Å². The number of hydrogen-bond donors (Lipinski definition) is 3. The van der Waals surface area contributed by atoms with Crippen LogP contribution in [0.5, 0.6) is 0 Å². The Labute approximate surface area is 76.8 Å². The smallest absolute Gasteiger partial charge is 0.178 e. The zero-order chi connectivity index (χ0) is 9.68. The average molecular weight is 180 g/mol. The van der Waals surface area contributed by atoms with Crippen LogP contribution >= 0.6 is 0 Å². The summed E-state index contributed by atoms with van der Waals surface area (Å²) in [5.74, 6) is 0.715. The van der Waals surface area contributed by atoms with E-state index in [1.165, 1.54) is 6.08 Å². The van der Waals surface area contributed by atoms with Gasteiger partial charge in [-0.15, -0.1) is 0 Å². The summed E-state index contributed by atoms with van der Waals surface area (Å²) in [6, 6.07) is 2.10. The first-order valence-corrected chi connectivity index (χ1v) is 4.09. The highest BCUT2D eigenvalue weighted by Crippen LogP contribution is 1.93. The minimum absolute atomic E-state index is 0.0530. The van der Waals surface area contributed by atoms with Crippen LogP contribution in [-0.2, 0) is 4.79 Å². The minimum atomic E-state index is 0.0530. The maximum Gasteiger partial charge on any atom is 0.178 e. The van der Waals surface area contributed by atoms with Crippen LogP contribution in [0.15, 0.2) is 11.9 Å². The van der Waals surface area contributed by atoms with Gasteiger partial charge in [-0.2, -0.15) is 5.26 Å². The zero-order valence-corrected chi connectivity index (χ0v) is 7.42. The molecule has 5 heteroatoms. The number of nitriles is 1. The second kappa shape index (κ2) is 4.48. The standard InChI is InChI=1S/C8H12N4O/c1-6(2-3-9)11-12-8-4-7(13)5-10-8/h4,6,10-12H,2,5H2,1H3. The lowest BCUT2D eigenvalue weighted by Gasteiger charge is -2.13. The van der Waals surface area contributed by atoms with Gasteiger partial charge in [0.25, 0.3) is 0 Å². The number of hydrazine groups is 1. The summed E-state index contributed by atoms with van der Waals surface area (Å²) in [6.07, 6.45) is 1.92. The second-order valence-electron chi connectivity index (χ2n) is 2.91. The molecule has 0 aliphatic carbocycles. The molecule has 70 valence electrons. The Bertz CT molecular complexity index is 266. The number of ketones is 1. The zero-order valence-electron chi connectivity index (χ0n) is 7.42. The van der Waals surface area contributed by atoms with Gasteiger partial charge in [0.15, 0.2) is 5.78 Å². The van der Waals surface area contributed by atoms with Gasteiger partial charge in [-0.25, -0.2) is 5.43 Å². The fraction of sp³-hybridized carbons (Fsp3) is 0.500. The van der Waals surface area contributed by atoms with E-state index >= 15 is 0 Å². The van der Waals surface area contributed by atoms with E-state index in [0.717, 1.165) is 0 Å². The fourth-order valence-corrected chi connectivity index (χ4v) is 0.915. The van der Waals surface area contributed by atoms with Gasteiger partial charge in [-0.3, -0.25) is 4.79 Å².